The van der Waals surface area contributed by atoms with Crippen molar-refractivity contribution in [1.82, 2.24) is 20.1 Å². The number of rotatable bonds is 9. The molecule has 8 heteroatoms. The van der Waals surface area contributed by atoms with Gasteiger partial charge in [-0.2, -0.15) is 0 Å². The van der Waals surface area contributed by atoms with E-state index in [0.717, 1.165) is 28.7 Å². The van der Waals surface area contributed by atoms with Crippen LogP contribution in [0.3, 0.4) is 0 Å². The van der Waals surface area contributed by atoms with Gasteiger partial charge in [-0.3, -0.25) is 14.2 Å². The van der Waals surface area contributed by atoms with Gasteiger partial charge in [-0.1, -0.05) is 59.8 Å². The lowest BCUT2D eigenvalue weighted by Gasteiger charge is -2.11. The van der Waals surface area contributed by atoms with Crippen LogP contribution in [0.15, 0.2) is 71.9 Å². The minimum Gasteiger partial charge on any atom is -0.356 e. The zero-order valence-electron chi connectivity index (χ0n) is 18.1. The number of hydrogen-bond donors (Lipinski definition) is 1. The molecule has 4 aromatic rings. The van der Waals surface area contributed by atoms with Gasteiger partial charge < -0.3 is 5.32 Å². The van der Waals surface area contributed by atoms with Gasteiger partial charge in [0, 0.05) is 36.2 Å². The molecule has 0 saturated heterocycles. The first-order chi connectivity index (χ1) is 16.0. The van der Waals surface area contributed by atoms with Gasteiger partial charge in [0.15, 0.2) is 10.9 Å². The SMILES string of the molecule is CC(=O)NCCCc1nnc(SCC(=O)c2ccc3ccccc3c2)n1-c1ccc(Cl)cc1. The van der Waals surface area contributed by atoms with Crippen LogP contribution in [0, 0.1) is 0 Å². The van der Waals surface area contributed by atoms with Crippen molar-refractivity contribution in [1.29, 1.82) is 0 Å². The van der Waals surface area contributed by atoms with Crippen LogP contribution in [0.2, 0.25) is 5.02 Å². The van der Waals surface area contributed by atoms with Gasteiger partial charge in [0.05, 0.1) is 5.75 Å². The van der Waals surface area contributed by atoms with Crippen molar-refractivity contribution in [3.05, 3.63) is 83.1 Å². The molecule has 4 rings (SSSR count). The average molecular weight is 479 g/mol. The van der Waals surface area contributed by atoms with E-state index in [-0.39, 0.29) is 17.4 Å². The minimum atomic E-state index is -0.0578. The summed E-state index contributed by atoms with van der Waals surface area (Å²) >= 11 is 7.42. The zero-order valence-corrected chi connectivity index (χ0v) is 19.7. The van der Waals surface area contributed by atoms with Gasteiger partial charge in [0.2, 0.25) is 5.91 Å². The maximum atomic E-state index is 12.9. The van der Waals surface area contributed by atoms with Crippen molar-refractivity contribution < 1.29 is 9.59 Å². The predicted molar refractivity (Wildman–Crippen MR) is 132 cm³/mol. The molecule has 33 heavy (non-hydrogen) atoms. The van der Waals surface area contributed by atoms with Crippen LogP contribution >= 0.6 is 23.4 Å². The first-order valence-electron chi connectivity index (χ1n) is 10.6. The number of nitrogens with zero attached hydrogens (tertiary/aromatic N) is 3. The number of carbonyl (C=O) groups is 2. The lowest BCUT2D eigenvalue weighted by Crippen LogP contribution is -2.21. The summed E-state index contributed by atoms with van der Waals surface area (Å²) in [6.07, 6.45) is 1.36. The average Bonchev–Trinajstić information content (AvgIpc) is 3.23. The van der Waals surface area contributed by atoms with E-state index in [2.05, 4.69) is 15.5 Å². The number of aryl methyl sites for hydroxylation is 1. The number of amides is 1. The van der Waals surface area contributed by atoms with Crippen LogP contribution in [0.5, 0.6) is 0 Å². The number of nitrogens with one attached hydrogen (secondary N) is 1. The van der Waals surface area contributed by atoms with Crippen LogP contribution in [0.4, 0.5) is 0 Å². The molecule has 6 nitrogen and oxygen atoms in total. The molecule has 168 valence electrons. The molecular weight excluding hydrogens is 456 g/mol. The Balaban J connectivity index is 1.52. The molecule has 1 N–H and O–H groups in total. The molecule has 0 atom stereocenters. The zero-order chi connectivity index (χ0) is 23.2. The molecule has 0 aliphatic carbocycles. The number of Topliss-reactive ketones (excluding diaryl/α,β-unsaturated/α-hetero) is 1. The second-order valence-corrected chi connectivity index (χ2v) is 8.95. The Hall–Kier alpha value is -3.16. The Bertz CT molecular complexity index is 1290. The summed E-state index contributed by atoms with van der Waals surface area (Å²) in [7, 11) is 0. The summed E-state index contributed by atoms with van der Waals surface area (Å²) in [6.45, 7) is 2.06. The molecule has 0 aliphatic rings. The summed E-state index contributed by atoms with van der Waals surface area (Å²) in [5.74, 6) is 0.986. The number of benzene rings is 3. The molecule has 0 radical (unpaired) electrons. The molecule has 3 aromatic carbocycles. The minimum absolute atomic E-state index is 0.0311. The van der Waals surface area contributed by atoms with E-state index in [9.17, 15) is 9.59 Å². The van der Waals surface area contributed by atoms with Gasteiger partial charge in [-0.05, 0) is 47.5 Å². The van der Waals surface area contributed by atoms with Gasteiger partial charge >= 0.3 is 0 Å². The van der Waals surface area contributed by atoms with Crippen molar-refractivity contribution in [3.63, 3.8) is 0 Å². The first-order valence-corrected chi connectivity index (χ1v) is 12.0. The van der Waals surface area contributed by atoms with Gasteiger partial charge in [-0.15, -0.1) is 10.2 Å². The van der Waals surface area contributed by atoms with E-state index < -0.39 is 0 Å². The first kappa shape index (κ1) is 23.0. The van der Waals surface area contributed by atoms with Crippen molar-refractivity contribution in [2.75, 3.05) is 12.3 Å². The molecule has 1 amide bonds. The summed E-state index contributed by atoms with van der Waals surface area (Å²) in [5.41, 5.74) is 1.55. The van der Waals surface area contributed by atoms with Crippen LogP contribution < -0.4 is 5.32 Å². The maximum absolute atomic E-state index is 12.9. The van der Waals surface area contributed by atoms with E-state index in [1.54, 1.807) is 0 Å². The highest BCUT2D eigenvalue weighted by atomic mass is 35.5. The Morgan fingerprint density at radius 1 is 1.00 bits per heavy atom. The van der Waals surface area contributed by atoms with E-state index in [1.807, 2.05) is 71.3 Å². The van der Waals surface area contributed by atoms with E-state index >= 15 is 0 Å². The number of carbonyl (C=O) groups excluding carboxylic acids is 2. The smallest absolute Gasteiger partial charge is 0.216 e. The number of halogens is 1. The van der Waals surface area contributed by atoms with Crippen LogP contribution in [-0.2, 0) is 11.2 Å². The highest BCUT2D eigenvalue weighted by Crippen LogP contribution is 2.25. The van der Waals surface area contributed by atoms with Crippen molar-refractivity contribution >= 4 is 45.8 Å². The second kappa shape index (κ2) is 10.6. The lowest BCUT2D eigenvalue weighted by atomic mass is 10.1. The normalized spacial score (nSPS) is 11.0. The van der Waals surface area contributed by atoms with Crippen LogP contribution in [-0.4, -0.2) is 38.8 Å². The van der Waals surface area contributed by atoms with Crippen molar-refractivity contribution in [2.24, 2.45) is 0 Å². The summed E-state index contributed by atoms with van der Waals surface area (Å²) < 4.78 is 1.95. The molecular formula is C25H23ClN4O2S. The van der Waals surface area contributed by atoms with Gasteiger partial charge in [0.25, 0.3) is 0 Å². The summed E-state index contributed by atoms with van der Waals surface area (Å²) in [5, 5.41) is 14.9. The number of thioether (sulfide) groups is 1. The van der Waals surface area contributed by atoms with Crippen molar-refractivity contribution in [2.45, 2.75) is 24.9 Å². The van der Waals surface area contributed by atoms with Crippen LogP contribution in [0.1, 0.15) is 29.5 Å². The fourth-order valence-corrected chi connectivity index (χ4v) is 4.48. The second-order valence-electron chi connectivity index (χ2n) is 7.57. The molecule has 1 aromatic heterocycles. The fraction of sp³-hybridized carbons (Fsp3) is 0.200. The fourth-order valence-electron chi connectivity index (χ4n) is 3.49. The van der Waals surface area contributed by atoms with Crippen LogP contribution in [0.25, 0.3) is 16.5 Å². The topological polar surface area (TPSA) is 76.9 Å². The maximum Gasteiger partial charge on any atom is 0.216 e. The molecule has 0 aliphatic heterocycles. The monoisotopic (exact) mass is 478 g/mol. The number of aromatic nitrogens is 3. The molecule has 0 unspecified atom stereocenters. The largest absolute Gasteiger partial charge is 0.356 e. The van der Waals surface area contributed by atoms with Crippen molar-refractivity contribution in [3.8, 4) is 5.69 Å². The quantitative estimate of drug-likeness (QED) is 0.205. The third-order valence-corrected chi connectivity index (χ3v) is 6.32. The Kier molecular flexibility index (Phi) is 7.42. The highest BCUT2D eigenvalue weighted by Gasteiger charge is 2.17. The van der Waals surface area contributed by atoms with Gasteiger partial charge in [0.1, 0.15) is 5.82 Å². The Labute approximate surface area is 201 Å². The number of hydrogen-bond acceptors (Lipinski definition) is 5. The molecule has 0 bridgehead atoms. The standard InChI is InChI=1S/C25H23ClN4O2S/c1-17(31)27-14-4-7-24-28-29-25(30(24)22-12-10-21(26)11-13-22)33-16-23(32)20-9-8-18-5-2-3-6-19(18)15-20/h2-3,5-6,8-13,15H,4,7,14,16H2,1H3,(H,27,31). The molecule has 1 heterocycles. The number of fused-ring (bicyclic) bond motifs is 1. The summed E-state index contributed by atoms with van der Waals surface area (Å²) in [4.78, 5) is 24.0. The summed E-state index contributed by atoms with van der Waals surface area (Å²) in [6, 6.07) is 21.2. The van der Waals surface area contributed by atoms with Gasteiger partial charge in [-0.25, -0.2) is 0 Å². The predicted octanol–water partition coefficient (Wildman–Crippen LogP) is 5.12. The molecule has 0 saturated carbocycles. The third-order valence-electron chi connectivity index (χ3n) is 5.14. The highest BCUT2D eigenvalue weighted by molar-refractivity contribution is 7.99. The third kappa shape index (κ3) is 5.80. The van der Waals surface area contributed by atoms with E-state index in [4.69, 9.17) is 11.6 Å². The lowest BCUT2D eigenvalue weighted by molar-refractivity contribution is -0.118. The molecule has 0 fully saturated rings. The Morgan fingerprint density at radius 3 is 2.52 bits per heavy atom. The Morgan fingerprint density at radius 2 is 1.76 bits per heavy atom. The van der Waals surface area contributed by atoms with E-state index in [1.165, 1.54) is 18.7 Å². The molecule has 0 spiro atoms. The van der Waals surface area contributed by atoms with E-state index in [0.29, 0.717) is 28.7 Å². The number of ketones is 1.